The fraction of sp³-hybridized carbons (Fsp3) is 0.133. The van der Waals surface area contributed by atoms with E-state index in [9.17, 15) is 13.2 Å². The zero-order valence-corrected chi connectivity index (χ0v) is 12.2. The van der Waals surface area contributed by atoms with E-state index in [0.29, 0.717) is 5.69 Å². The van der Waals surface area contributed by atoms with Gasteiger partial charge in [0.25, 0.3) is 15.9 Å². The summed E-state index contributed by atoms with van der Waals surface area (Å²) in [5.74, 6) is -0.508. The number of nitrogens with zero attached hydrogens (tertiary/aromatic N) is 1. The lowest BCUT2D eigenvalue weighted by molar-refractivity contribution is 0.0865. The van der Waals surface area contributed by atoms with Gasteiger partial charge in [0.1, 0.15) is 4.90 Å². The summed E-state index contributed by atoms with van der Waals surface area (Å²) in [6.45, 7) is 1.94. The summed E-state index contributed by atoms with van der Waals surface area (Å²) in [5, 5.41) is 0. The summed E-state index contributed by atoms with van der Waals surface area (Å²) >= 11 is 0. The molecule has 0 saturated heterocycles. The van der Waals surface area contributed by atoms with E-state index in [-0.39, 0.29) is 17.0 Å². The normalized spacial score (nSPS) is 16.0. The van der Waals surface area contributed by atoms with Gasteiger partial charge in [-0.05, 0) is 30.7 Å². The molecule has 2 N–H and O–H groups in total. The first-order chi connectivity index (χ1) is 9.89. The van der Waals surface area contributed by atoms with Crippen LogP contribution in [0, 0.1) is 6.92 Å². The molecule has 21 heavy (non-hydrogen) atoms. The van der Waals surface area contributed by atoms with Crippen molar-refractivity contribution >= 4 is 21.6 Å². The van der Waals surface area contributed by atoms with Crippen molar-refractivity contribution in [2.75, 3.05) is 5.73 Å². The zero-order valence-electron chi connectivity index (χ0n) is 11.4. The van der Waals surface area contributed by atoms with E-state index in [2.05, 4.69) is 0 Å². The number of rotatable bonds is 2. The average Bonchev–Trinajstić information content (AvgIpc) is 2.60. The summed E-state index contributed by atoms with van der Waals surface area (Å²) in [7, 11) is -3.83. The summed E-state index contributed by atoms with van der Waals surface area (Å²) < 4.78 is 25.9. The molecule has 0 aromatic heterocycles. The van der Waals surface area contributed by atoms with Crippen molar-refractivity contribution in [3.8, 4) is 0 Å². The number of carbonyl (C=O) groups excluding carboxylic acids is 1. The molecule has 1 amide bonds. The number of nitrogens with two attached hydrogens (primary N) is 1. The maximum absolute atomic E-state index is 12.5. The van der Waals surface area contributed by atoms with Crippen LogP contribution in [0.25, 0.3) is 0 Å². The summed E-state index contributed by atoms with van der Waals surface area (Å²) in [6.07, 6.45) is 0. The van der Waals surface area contributed by atoms with E-state index in [1.165, 1.54) is 18.2 Å². The highest BCUT2D eigenvalue weighted by atomic mass is 32.2. The highest BCUT2D eigenvalue weighted by Crippen LogP contribution is 2.32. The molecule has 0 bridgehead atoms. The van der Waals surface area contributed by atoms with Crippen LogP contribution in [0.3, 0.4) is 0 Å². The summed E-state index contributed by atoms with van der Waals surface area (Å²) in [5.41, 5.74) is 7.90. The summed E-state index contributed by atoms with van der Waals surface area (Å²) in [4.78, 5) is 12.3. The molecule has 2 aromatic carbocycles. The number of sulfonamides is 1. The van der Waals surface area contributed by atoms with Crippen LogP contribution in [-0.2, 0) is 16.6 Å². The second kappa shape index (κ2) is 4.60. The predicted molar refractivity (Wildman–Crippen MR) is 79.1 cm³/mol. The lowest BCUT2D eigenvalue weighted by Gasteiger charge is -2.15. The van der Waals surface area contributed by atoms with Gasteiger partial charge in [-0.2, -0.15) is 0 Å². The number of anilines is 1. The van der Waals surface area contributed by atoms with Crippen molar-refractivity contribution in [2.24, 2.45) is 0 Å². The minimum atomic E-state index is -3.83. The number of fused-ring (bicyclic) bond motifs is 1. The van der Waals surface area contributed by atoms with Crippen LogP contribution in [0.2, 0.25) is 0 Å². The van der Waals surface area contributed by atoms with Crippen LogP contribution in [-0.4, -0.2) is 18.6 Å². The minimum absolute atomic E-state index is 0.0137. The Bertz CT molecular complexity index is 844. The van der Waals surface area contributed by atoms with Gasteiger partial charge in [-0.15, -0.1) is 0 Å². The fourth-order valence-electron chi connectivity index (χ4n) is 2.42. The quantitative estimate of drug-likeness (QED) is 0.859. The fourth-order valence-corrected chi connectivity index (χ4v) is 4.02. The SMILES string of the molecule is Cc1cccc(CN2C(=O)c3ccc(N)cc3S2(=O)=O)c1. The van der Waals surface area contributed by atoms with E-state index in [4.69, 9.17) is 5.73 Å². The molecular weight excluding hydrogens is 288 g/mol. The number of benzene rings is 2. The van der Waals surface area contributed by atoms with Crippen LogP contribution in [0.15, 0.2) is 47.4 Å². The highest BCUT2D eigenvalue weighted by Gasteiger charge is 2.41. The van der Waals surface area contributed by atoms with Crippen LogP contribution in [0.4, 0.5) is 5.69 Å². The van der Waals surface area contributed by atoms with E-state index in [1.807, 2.05) is 25.1 Å². The number of nitrogen functional groups attached to an aromatic ring is 1. The molecular formula is C15H14N2O3S. The van der Waals surface area contributed by atoms with Crippen LogP contribution in [0.5, 0.6) is 0 Å². The van der Waals surface area contributed by atoms with Gasteiger partial charge in [0.2, 0.25) is 0 Å². The molecule has 0 fully saturated rings. The highest BCUT2D eigenvalue weighted by molar-refractivity contribution is 7.90. The Morgan fingerprint density at radius 3 is 2.62 bits per heavy atom. The number of hydrogen-bond acceptors (Lipinski definition) is 4. The van der Waals surface area contributed by atoms with E-state index in [1.54, 1.807) is 6.07 Å². The molecule has 1 heterocycles. The second-order valence-electron chi connectivity index (χ2n) is 5.06. The number of hydrogen-bond donors (Lipinski definition) is 1. The Labute approximate surface area is 123 Å². The third-order valence-electron chi connectivity index (χ3n) is 3.44. The van der Waals surface area contributed by atoms with Gasteiger partial charge in [-0.25, -0.2) is 12.7 Å². The Hall–Kier alpha value is -2.34. The topological polar surface area (TPSA) is 80.5 Å². The first-order valence-electron chi connectivity index (χ1n) is 6.42. The summed E-state index contributed by atoms with van der Waals surface area (Å²) in [6, 6.07) is 11.7. The van der Waals surface area contributed by atoms with Gasteiger partial charge < -0.3 is 5.73 Å². The Kier molecular flexibility index (Phi) is 2.98. The molecule has 0 saturated carbocycles. The van der Waals surface area contributed by atoms with Gasteiger partial charge in [0.05, 0.1) is 12.1 Å². The third kappa shape index (κ3) is 2.17. The van der Waals surface area contributed by atoms with Crippen molar-refractivity contribution < 1.29 is 13.2 Å². The molecule has 1 aliphatic rings. The molecule has 0 radical (unpaired) electrons. The van der Waals surface area contributed by atoms with E-state index >= 15 is 0 Å². The van der Waals surface area contributed by atoms with Gasteiger partial charge in [0.15, 0.2) is 0 Å². The molecule has 2 aromatic rings. The second-order valence-corrected chi connectivity index (χ2v) is 6.89. The maximum Gasteiger partial charge on any atom is 0.269 e. The van der Waals surface area contributed by atoms with Gasteiger partial charge in [-0.3, -0.25) is 4.79 Å². The predicted octanol–water partition coefficient (Wildman–Crippen LogP) is 1.92. The molecule has 3 rings (SSSR count). The molecule has 108 valence electrons. The smallest absolute Gasteiger partial charge is 0.269 e. The van der Waals surface area contributed by atoms with Crippen molar-refractivity contribution in [3.05, 3.63) is 59.2 Å². The molecule has 0 aliphatic carbocycles. The van der Waals surface area contributed by atoms with Crippen molar-refractivity contribution in [3.63, 3.8) is 0 Å². The monoisotopic (exact) mass is 302 g/mol. The van der Waals surface area contributed by atoms with Crippen molar-refractivity contribution in [1.82, 2.24) is 4.31 Å². The Morgan fingerprint density at radius 1 is 1.14 bits per heavy atom. The van der Waals surface area contributed by atoms with Gasteiger partial charge in [0, 0.05) is 5.69 Å². The average molecular weight is 302 g/mol. The number of aryl methyl sites for hydroxylation is 1. The molecule has 0 unspecified atom stereocenters. The number of carbonyl (C=O) groups is 1. The molecule has 6 heteroatoms. The third-order valence-corrected chi connectivity index (χ3v) is 5.21. The van der Waals surface area contributed by atoms with E-state index in [0.717, 1.165) is 15.4 Å². The maximum atomic E-state index is 12.5. The molecule has 5 nitrogen and oxygen atoms in total. The lowest BCUT2D eigenvalue weighted by atomic mass is 10.1. The van der Waals surface area contributed by atoms with Crippen LogP contribution < -0.4 is 5.73 Å². The molecule has 0 atom stereocenters. The first-order valence-corrected chi connectivity index (χ1v) is 7.86. The van der Waals surface area contributed by atoms with Gasteiger partial charge >= 0.3 is 0 Å². The Morgan fingerprint density at radius 2 is 1.90 bits per heavy atom. The molecule has 0 spiro atoms. The van der Waals surface area contributed by atoms with Crippen LogP contribution in [0.1, 0.15) is 21.5 Å². The van der Waals surface area contributed by atoms with Crippen molar-refractivity contribution in [1.29, 1.82) is 0 Å². The van der Waals surface area contributed by atoms with Gasteiger partial charge in [-0.1, -0.05) is 29.8 Å². The first kappa shape index (κ1) is 13.6. The van der Waals surface area contributed by atoms with Crippen LogP contribution >= 0.6 is 0 Å². The minimum Gasteiger partial charge on any atom is -0.399 e. The Balaban J connectivity index is 2.04. The lowest BCUT2D eigenvalue weighted by Crippen LogP contribution is -2.29. The molecule has 1 aliphatic heterocycles. The number of amides is 1. The van der Waals surface area contributed by atoms with E-state index < -0.39 is 15.9 Å². The van der Waals surface area contributed by atoms with Crippen molar-refractivity contribution in [2.45, 2.75) is 18.4 Å². The zero-order chi connectivity index (χ0) is 15.2. The standard InChI is InChI=1S/C15H14N2O3S/c1-10-3-2-4-11(7-10)9-17-15(18)13-6-5-12(16)8-14(13)21(17,19)20/h2-8H,9,16H2,1H3. The largest absolute Gasteiger partial charge is 0.399 e.